The fourth-order valence-electron chi connectivity index (χ4n) is 1.51. The lowest BCUT2D eigenvalue weighted by Gasteiger charge is -2.17. The maximum absolute atomic E-state index is 11.8. The third kappa shape index (κ3) is 4.92. The first-order valence-electron chi connectivity index (χ1n) is 6.74. The quantitative estimate of drug-likeness (QED) is 0.622. The molecule has 0 aliphatic rings. The number of nitrogens with zero attached hydrogens (tertiary/aromatic N) is 1. The Balaban J connectivity index is 2.01. The van der Waals surface area contributed by atoms with E-state index in [1.54, 1.807) is 6.21 Å². The van der Waals surface area contributed by atoms with Gasteiger partial charge in [-0.1, -0.05) is 22.6 Å². The minimum absolute atomic E-state index is 0.340. The third-order valence-electron chi connectivity index (χ3n) is 2.68. The third-order valence-corrected chi connectivity index (χ3v) is 4.02. The zero-order valence-corrected chi connectivity index (χ0v) is 13.3. The van der Waals surface area contributed by atoms with E-state index in [4.69, 9.17) is 4.74 Å². The van der Waals surface area contributed by atoms with Crippen LogP contribution in [0.4, 0.5) is 0 Å². The van der Waals surface area contributed by atoms with Gasteiger partial charge in [0.1, 0.15) is 27.6 Å². The molecule has 2 rings (SSSR count). The van der Waals surface area contributed by atoms with Crippen molar-refractivity contribution >= 4 is 17.6 Å². The molecule has 0 N–H and O–H groups in total. The summed E-state index contributed by atoms with van der Waals surface area (Å²) < 4.78 is 21.3. The highest BCUT2D eigenvalue weighted by molar-refractivity contribution is 7.91. The first-order chi connectivity index (χ1) is 9.95. The normalized spacial score (nSPS) is 13.3. The van der Waals surface area contributed by atoms with Gasteiger partial charge in [0, 0.05) is 0 Å². The average molecular weight is 301 g/mol. The summed E-state index contributed by atoms with van der Waals surface area (Å²) in [5.74, 6) is 1.56. The van der Waals surface area contributed by atoms with Crippen LogP contribution in [0.2, 0.25) is 0 Å². The summed E-state index contributed by atoms with van der Waals surface area (Å²) in [7, 11) is 0. The van der Waals surface area contributed by atoms with Crippen LogP contribution in [0.5, 0.6) is 11.5 Å². The second-order valence-electron chi connectivity index (χ2n) is 5.58. The van der Waals surface area contributed by atoms with E-state index in [0.717, 1.165) is 17.1 Å². The summed E-state index contributed by atoms with van der Waals surface area (Å²) in [6.07, 6.45) is 1.63. The molecule has 2 aromatic carbocycles. The highest BCUT2D eigenvalue weighted by Gasteiger charge is 2.25. The Morgan fingerprint density at radius 1 is 0.952 bits per heavy atom. The van der Waals surface area contributed by atoms with Gasteiger partial charge in [0.2, 0.25) is 0 Å². The molecule has 110 valence electrons. The number of hydrogen-bond donors (Lipinski definition) is 0. The first kappa shape index (κ1) is 15.6. The van der Waals surface area contributed by atoms with Gasteiger partial charge < -0.3 is 9.29 Å². The second kappa shape index (κ2) is 6.78. The van der Waals surface area contributed by atoms with Gasteiger partial charge in [-0.3, -0.25) is 0 Å². The zero-order chi connectivity index (χ0) is 15.3. The minimum Gasteiger partial charge on any atom is -0.591 e. The van der Waals surface area contributed by atoms with Crippen LogP contribution >= 0.6 is 0 Å². The Hall–Kier alpha value is -1.78. The lowest BCUT2D eigenvalue weighted by molar-refractivity contribution is 0.482. The molecular formula is C17H19NO2S. The topological polar surface area (TPSA) is 44.7 Å². The van der Waals surface area contributed by atoms with Crippen LogP contribution in [-0.4, -0.2) is 15.5 Å². The summed E-state index contributed by atoms with van der Waals surface area (Å²) in [4.78, 5) is 0. The molecule has 0 spiro atoms. The highest BCUT2D eigenvalue weighted by atomic mass is 32.2. The predicted octanol–water partition coefficient (Wildman–Crippen LogP) is 4.36. The Morgan fingerprint density at radius 3 is 2.10 bits per heavy atom. The van der Waals surface area contributed by atoms with E-state index in [1.165, 1.54) is 0 Å². The van der Waals surface area contributed by atoms with Crippen molar-refractivity contribution in [3.05, 3.63) is 60.2 Å². The fraction of sp³-hybridized carbons (Fsp3) is 0.235. The molecule has 0 saturated carbocycles. The molecule has 0 saturated heterocycles. The molecule has 0 unspecified atom stereocenters. The van der Waals surface area contributed by atoms with E-state index in [0.29, 0.717) is 0 Å². The molecule has 2 aromatic rings. The molecule has 0 aliphatic carbocycles. The van der Waals surface area contributed by atoms with Crippen molar-refractivity contribution in [3.8, 4) is 11.5 Å². The van der Waals surface area contributed by atoms with E-state index in [2.05, 4.69) is 4.40 Å². The van der Waals surface area contributed by atoms with Crippen LogP contribution in [0.15, 0.2) is 59.0 Å². The van der Waals surface area contributed by atoms with Crippen LogP contribution in [0, 0.1) is 0 Å². The second-order valence-corrected chi connectivity index (χ2v) is 7.51. The van der Waals surface area contributed by atoms with Gasteiger partial charge in [0.25, 0.3) is 0 Å². The lowest BCUT2D eigenvalue weighted by atomic mass is 10.2. The number of benzene rings is 2. The van der Waals surface area contributed by atoms with E-state index >= 15 is 0 Å². The Morgan fingerprint density at radius 2 is 1.52 bits per heavy atom. The standard InChI is InChI=1S/C17H19NO2S/c1-17(2,3)21(19)18-13-14-9-11-16(12-10-14)20-15-7-5-4-6-8-15/h4-13H,1-3H3/t21-/m0/s1. The Bertz CT molecular complexity index is 588. The van der Waals surface area contributed by atoms with Gasteiger partial charge in [-0.05, 0) is 62.7 Å². The smallest absolute Gasteiger partial charge is 0.144 e. The van der Waals surface area contributed by atoms with E-state index in [9.17, 15) is 4.55 Å². The monoisotopic (exact) mass is 301 g/mol. The van der Waals surface area contributed by atoms with Crippen molar-refractivity contribution in [2.75, 3.05) is 0 Å². The zero-order valence-electron chi connectivity index (χ0n) is 12.4. The summed E-state index contributed by atoms with van der Waals surface area (Å²) in [5, 5.41) is 0. The molecule has 0 radical (unpaired) electrons. The van der Waals surface area contributed by atoms with Gasteiger partial charge in [0.05, 0.1) is 6.21 Å². The molecular weight excluding hydrogens is 282 g/mol. The molecule has 0 aromatic heterocycles. The summed E-state index contributed by atoms with van der Waals surface area (Å²) >= 11 is -1.24. The van der Waals surface area contributed by atoms with Gasteiger partial charge in [-0.25, -0.2) is 0 Å². The molecule has 3 nitrogen and oxygen atoms in total. The molecule has 1 atom stereocenters. The van der Waals surface area contributed by atoms with Crippen LogP contribution in [-0.2, 0) is 11.4 Å². The number of para-hydroxylation sites is 1. The molecule has 0 heterocycles. The molecule has 0 amide bonds. The van der Waals surface area contributed by atoms with Gasteiger partial charge in [0.15, 0.2) is 0 Å². The highest BCUT2D eigenvalue weighted by Crippen LogP contribution is 2.21. The average Bonchev–Trinajstić information content (AvgIpc) is 2.46. The maximum Gasteiger partial charge on any atom is 0.144 e. The molecule has 0 aliphatic heterocycles. The largest absolute Gasteiger partial charge is 0.591 e. The van der Waals surface area contributed by atoms with E-state index in [1.807, 2.05) is 75.4 Å². The van der Waals surface area contributed by atoms with Crippen LogP contribution < -0.4 is 4.74 Å². The number of hydrogen-bond acceptors (Lipinski definition) is 3. The minimum atomic E-state index is -1.24. The van der Waals surface area contributed by atoms with E-state index < -0.39 is 11.4 Å². The van der Waals surface area contributed by atoms with Crippen molar-refractivity contribution in [3.63, 3.8) is 0 Å². The van der Waals surface area contributed by atoms with Crippen molar-refractivity contribution < 1.29 is 9.29 Å². The lowest BCUT2D eigenvalue weighted by Crippen LogP contribution is -2.25. The predicted molar refractivity (Wildman–Crippen MR) is 88.4 cm³/mol. The van der Waals surface area contributed by atoms with Crippen LogP contribution in [0.25, 0.3) is 0 Å². The Labute approximate surface area is 129 Å². The molecule has 21 heavy (non-hydrogen) atoms. The van der Waals surface area contributed by atoms with Crippen LogP contribution in [0.3, 0.4) is 0 Å². The molecule has 0 bridgehead atoms. The van der Waals surface area contributed by atoms with Crippen molar-refractivity contribution in [2.45, 2.75) is 25.5 Å². The summed E-state index contributed by atoms with van der Waals surface area (Å²) in [6.45, 7) is 5.70. The van der Waals surface area contributed by atoms with Gasteiger partial charge >= 0.3 is 0 Å². The fourth-order valence-corrected chi connectivity index (χ4v) is 2.05. The summed E-state index contributed by atoms with van der Waals surface area (Å²) in [6, 6.07) is 17.1. The van der Waals surface area contributed by atoms with Gasteiger partial charge in [-0.15, -0.1) is 0 Å². The van der Waals surface area contributed by atoms with Crippen molar-refractivity contribution in [1.82, 2.24) is 0 Å². The maximum atomic E-state index is 11.8. The molecule has 0 fully saturated rings. The van der Waals surface area contributed by atoms with Crippen molar-refractivity contribution in [2.24, 2.45) is 4.40 Å². The van der Waals surface area contributed by atoms with E-state index in [-0.39, 0.29) is 4.75 Å². The number of ether oxygens (including phenoxy) is 1. The first-order valence-corrected chi connectivity index (χ1v) is 7.85. The number of rotatable bonds is 4. The summed E-state index contributed by atoms with van der Waals surface area (Å²) in [5.41, 5.74) is 0.896. The Kier molecular flexibility index (Phi) is 5.04. The van der Waals surface area contributed by atoms with Gasteiger partial charge in [-0.2, -0.15) is 0 Å². The molecule has 4 heteroatoms. The SMILES string of the molecule is CC(C)(C)[S@+]([O-])N=Cc1ccc(Oc2ccccc2)cc1. The van der Waals surface area contributed by atoms with Crippen molar-refractivity contribution in [1.29, 1.82) is 0 Å². The van der Waals surface area contributed by atoms with Crippen LogP contribution in [0.1, 0.15) is 26.3 Å².